The van der Waals surface area contributed by atoms with Gasteiger partial charge in [-0.15, -0.1) is 11.3 Å². The van der Waals surface area contributed by atoms with Crippen LogP contribution in [-0.4, -0.2) is 27.5 Å². The minimum Gasteiger partial charge on any atom is -0.342 e. The molecule has 2 aromatic rings. The molecule has 0 saturated heterocycles. The van der Waals surface area contributed by atoms with Gasteiger partial charge in [-0.1, -0.05) is 0 Å². The van der Waals surface area contributed by atoms with E-state index < -0.39 is 0 Å². The summed E-state index contributed by atoms with van der Waals surface area (Å²) < 4.78 is 1.95. The van der Waals surface area contributed by atoms with Gasteiger partial charge in [-0.05, 0) is 37.5 Å². The number of thioether (sulfide) groups is 1. The molecule has 6 heteroatoms. The Kier molecular flexibility index (Phi) is 5.04. The maximum Gasteiger partial charge on any atom is 0.249 e. The SMILES string of the molecule is CSCCC(C(=O)Nc1ncc(C)s1)n1cccc1. The van der Waals surface area contributed by atoms with Crippen LogP contribution in [0.3, 0.4) is 0 Å². The lowest BCUT2D eigenvalue weighted by Gasteiger charge is -2.17. The lowest BCUT2D eigenvalue weighted by Crippen LogP contribution is -2.25. The van der Waals surface area contributed by atoms with Gasteiger partial charge in [-0.3, -0.25) is 4.79 Å². The zero-order valence-corrected chi connectivity index (χ0v) is 12.6. The maximum atomic E-state index is 12.4. The van der Waals surface area contributed by atoms with Crippen molar-refractivity contribution in [3.63, 3.8) is 0 Å². The molecule has 2 rings (SSSR count). The van der Waals surface area contributed by atoms with E-state index in [1.54, 1.807) is 18.0 Å². The number of nitrogens with zero attached hydrogens (tertiary/aromatic N) is 2. The second-order valence-corrected chi connectivity index (χ2v) is 6.41. The fraction of sp³-hybridized carbons (Fsp3) is 0.385. The number of aryl methyl sites for hydroxylation is 1. The molecule has 0 spiro atoms. The van der Waals surface area contributed by atoms with E-state index in [2.05, 4.69) is 16.6 Å². The van der Waals surface area contributed by atoms with Crippen LogP contribution in [0.1, 0.15) is 17.3 Å². The molecule has 2 heterocycles. The van der Waals surface area contributed by atoms with Gasteiger partial charge in [0.25, 0.3) is 0 Å². The molecule has 0 aliphatic heterocycles. The van der Waals surface area contributed by atoms with Gasteiger partial charge in [0.05, 0.1) is 0 Å². The Morgan fingerprint density at radius 1 is 1.53 bits per heavy atom. The van der Waals surface area contributed by atoms with Crippen LogP contribution < -0.4 is 5.32 Å². The average Bonchev–Trinajstić information content (AvgIpc) is 3.02. The van der Waals surface area contributed by atoms with Crippen LogP contribution in [0.4, 0.5) is 5.13 Å². The molecule has 1 amide bonds. The molecule has 0 aliphatic carbocycles. The first-order valence-electron chi connectivity index (χ1n) is 6.05. The second kappa shape index (κ2) is 6.77. The number of amides is 1. The summed E-state index contributed by atoms with van der Waals surface area (Å²) in [5, 5.41) is 3.57. The third-order valence-corrected chi connectivity index (χ3v) is 4.21. The highest BCUT2D eigenvalue weighted by atomic mass is 32.2. The van der Waals surface area contributed by atoms with E-state index in [1.165, 1.54) is 11.3 Å². The quantitative estimate of drug-likeness (QED) is 0.890. The van der Waals surface area contributed by atoms with E-state index in [0.29, 0.717) is 5.13 Å². The molecule has 4 nitrogen and oxygen atoms in total. The summed E-state index contributed by atoms with van der Waals surface area (Å²) >= 11 is 3.25. The maximum absolute atomic E-state index is 12.4. The minimum atomic E-state index is -0.174. The molecule has 0 bridgehead atoms. The Morgan fingerprint density at radius 3 is 2.84 bits per heavy atom. The Labute approximate surface area is 121 Å². The van der Waals surface area contributed by atoms with E-state index in [4.69, 9.17) is 0 Å². The van der Waals surface area contributed by atoms with Gasteiger partial charge in [0.15, 0.2) is 5.13 Å². The summed E-state index contributed by atoms with van der Waals surface area (Å²) in [4.78, 5) is 17.6. The summed E-state index contributed by atoms with van der Waals surface area (Å²) in [6, 6.07) is 3.70. The fourth-order valence-electron chi connectivity index (χ4n) is 1.80. The number of nitrogens with one attached hydrogen (secondary N) is 1. The zero-order chi connectivity index (χ0) is 13.7. The van der Waals surface area contributed by atoms with Crippen molar-refractivity contribution in [2.45, 2.75) is 19.4 Å². The Hall–Kier alpha value is -1.27. The van der Waals surface area contributed by atoms with Crippen LogP contribution in [0.5, 0.6) is 0 Å². The molecule has 0 aliphatic rings. The summed E-state index contributed by atoms with van der Waals surface area (Å²) in [5.41, 5.74) is 0. The van der Waals surface area contributed by atoms with Crippen molar-refractivity contribution in [3.8, 4) is 0 Å². The zero-order valence-electron chi connectivity index (χ0n) is 11.0. The highest BCUT2D eigenvalue weighted by Crippen LogP contribution is 2.21. The van der Waals surface area contributed by atoms with Crippen LogP contribution >= 0.6 is 23.1 Å². The predicted octanol–water partition coefficient (Wildman–Crippen LogP) is 3.19. The van der Waals surface area contributed by atoms with Crippen LogP contribution in [-0.2, 0) is 4.79 Å². The van der Waals surface area contributed by atoms with Crippen molar-refractivity contribution in [2.24, 2.45) is 0 Å². The number of hydrogen-bond donors (Lipinski definition) is 1. The molecule has 19 heavy (non-hydrogen) atoms. The Bertz CT molecular complexity index is 522. The van der Waals surface area contributed by atoms with Crippen molar-refractivity contribution in [2.75, 3.05) is 17.3 Å². The van der Waals surface area contributed by atoms with Crippen molar-refractivity contribution in [1.29, 1.82) is 0 Å². The third-order valence-electron chi connectivity index (χ3n) is 2.74. The fourth-order valence-corrected chi connectivity index (χ4v) is 2.93. The monoisotopic (exact) mass is 295 g/mol. The summed E-state index contributed by atoms with van der Waals surface area (Å²) in [7, 11) is 0. The number of aromatic nitrogens is 2. The van der Waals surface area contributed by atoms with E-state index in [9.17, 15) is 4.79 Å². The molecule has 0 radical (unpaired) electrons. The highest BCUT2D eigenvalue weighted by Gasteiger charge is 2.20. The molecule has 1 atom stereocenters. The van der Waals surface area contributed by atoms with E-state index in [-0.39, 0.29) is 11.9 Å². The normalized spacial score (nSPS) is 12.3. The number of carbonyl (C=O) groups is 1. The second-order valence-electron chi connectivity index (χ2n) is 4.19. The van der Waals surface area contributed by atoms with Gasteiger partial charge < -0.3 is 9.88 Å². The molecule has 102 valence electrons. The highest BCUT2D eigenvalue weighted by molar-refractivity contribution is 7.98. The number of hydrogen-bond acceptors (Lipinski definition) is 4. The standard InChI is InChI=1S/C13H17N3OS2/c1-10-9-14-13(19-10)15-12(17)11(5-8-18-2)16-6-3-4-7-16/h3-4,6-7,9,11H,5,8H2,1-2H3,(H,14,15,17). The van der Waals surface area contributed by atoms with Crippen LogP contribution in [0.2, 0.25) is 0 Å². The van der Waals surface area contributed by atoms with Gasteiger partial charge in [-0.2, -0.15) is 11.8 Å². The number of anilines is 1. The van der Waals surface area contributed by atoms with Gasteiger partial charge in [0.2, 0.25) is 5.91 Å². The van der Waals surface area contributed by atoms with Gasteiger partial charge in [0.1, 0.15) is 6.04 Å². The molecule has 1 unspecified atom stereocenters. The third kappa shape index (κ3) is 3.84. The Morgan fingerprint density at radius 2 is 2.26 bits per heavy atom. The van der Waals surface area contributed by atoms with Gasteiger partial charge in [0, 0.05) is 23.5 Å². The lowest BCUT2D eigenvalue weighted by atomic mass is 10.2. The first-order valence-corrected chi connectivity index (χ1v) is 8.26. The van der Waals surface area contributed by atoms with E-state index >= 15 is 0 Å². The molecule has 2 aromatic heterocycles. The molecular weight excluding hydrogens is 278 g/mol. The number of rotatable bonds is 6. The van der Waals surface area contributed by atoms with Crippen molar-refractivity contribution in [1.82, 2.24) is 9.55 Å². The van der Waals surface area contributed by atoms with E-state index in [1.807, 2.05) is 36.0 Å². The molecule has 0 fully saturated rings. The first-order chi connectivity index (χ1) is 9.20. The first kappa shape index (κ1) is 14.1. The van der Waals surface area contributed by atoms with Crippen LogP contribution in [0.25, 0.3) is 0 Å². The average molecular weight is 295 g/mol. The van der Waals surface area contributed by atoms with Crippen molar-refractivity contribution < 1.29 is 4.79 Å². The molecule has 1 N–H and O–H groups in total. The van der Waals surface area contributed by atoms with E-state index in [0.717, 1.165) is 17.1 Å². The molecule has 0 aromatic carbocycles. The molecular formula is C13H17N3OS2. The number of thiazole rings is 1. The van der Waals surface area contributed by atoms with Crippen LogP contribution in [0, 0.1) is 6.92 Å². The lowest BCUT2D eigenvalue weighted by molar-refractivity contribution is -0.119. The van der Waals surface area contributed by atoms with Gasteiger partial charge in [-0.25, -0.2) is 4.98 Å². The van der Waals surface area contributed by atoms with Gasteiger partial charge >= 0.3 is 0 Å². The van der Waals surface area contributed by atoms with Crippen molar-refractivity contribution in [3.05, 3.63) is 35.6 Å². The molecule has 0 saturated carbocycles. The summed E-state index contributed by atoms with van der Waals surface area (Å²) in [6.07, 6.45) is 8.49. The summed E-state index contributed by atoms with van der Waals surface area (Å²) in [6.45, 7) is 1.98. The smallest absolute Gasteiger partial charge is 0.249 e. The van der Waals surface area contributed by atoms with Crippen LogP contribution in [0.15, 0.2) is 30.7 Å². The Balaban J connectivity index is 2.07. The minimum absolute atomic E-state index is 0.000370. The largest absolute Gasteiger partial charge is 0.342 e. The van der Waals surface area contributed by atoms with Crippen molar-refractivity contribution >= 4 is 34.1 Å². The topological polar surface area (TPSA) is 46.9 Å². The number of carbonyl (C=O) groups excluding carboxylic acids is 1. The predicted molar refractivity (Wildman–Crippen MR) is 81.9 cm³/mol. The summed E-state index contributed by atoms with van der Waals surface area (Å²) in [5.74, 6) is 0.951.